The molecule has 1 heterocycles. The zero-order chi connectivity index (χ0) is 18.4. The summed E-state index contributed by atoms with van der Waals surface area (Å²) in [5.74, 6) is 1.70. The van der Waals surface area contributed by atoms with Gasteiger partial charge >= 0.3 is 0 Å². The lowest BCUT2D eigenvalue weighted by molar-refractivity contribution is 0.0919. The summed E-state index contributed by atoms with van der Waals surface area (Å²) in [7, 11) is 1.83. The average molecular weight is 472 g/mol. The molecule has 1 aromatic rings. The maximum absolute atomic E-state index is 12.3. The minimum Gasteiger partial charge on any atom is -0.352 e. The van der Waals surface area contributed by atoms with Crippen LogP contribution in [0, 0.1) is 5.92 Å². The van der Waals surface area contributed by atoms with Crippen LogP contribution in [-0.2, 0) is 6.54 Å². The Bertz CT molecular complexity index is 616. The molecular weight excluding hydrogens is 439 g/mol. The molecule has 26 heavy (non-hydrogen) atoms. The van der Waals surface area contributed by atoms with Gasteiger partial charge in [-0.05, 0) is 57.2 Å². The van der Waals surface area contributed by atoms with E-state index in [1.807, 2.05) is 52.1 Å². The highest BCUT2D eigenvalue weighted by atomic mass is 127. The van der Waals surface area contributed by atoms with Crippen LogP contribution >= 0.6 is 24.0 Å². The number of likely N-dealkylation sites (tertiary alicyclic amines) is 1. The summed E-state index contributed by atoms with van der Waals surface area (Å²) in [6.45, 7) is 11.0. The number of rotatable bonds is 3. The van der Waals surface area contributed by atoms with Crippen molar-refractivity contribution in [1.82, 2.24) is 15.5 Å². The fourth-order valence-corrected chi connectivity index (χ4v) is 2.97. The highest BCUT2D eigenvalue weighted by molar-refractivity contribution is 14.0. The summed E-state index contributed by atoms with van der Waals surface area (Å²) >= 11 is 0. The standard InChI is InChI=1S/C20H32N4O.HI/c1-15-9-11-24(12-10-15)19(21-5)22-14-16-7-6-8-17(13-16)18(25)23-20(2,3)4;/h6-8,13,15H,9-12,14H2,1-5H3,(H,21,22)(H,23,25);1H. The van der Waals surface area contributed by atoms with E-state index in [9.17, 15) is 4.79 Å². The first kappa shape index (κ1) is 22.7. The molecule has 0 bridgehead atoms. The Morgan fingerprint density at radius 2 is 1.92 bits per heavy atom. The van der Waals surface area contributed by atoms with E-state index in [-0.39, 0.29) is 35.4 Å². The van der Waals surface area contributed by atoms with Crippen LogP contribution < -0.4 is 10.6 Å². The van der Waals surface area contributed by atoms with E-state index < -0.39 is 0 Å². The third kappa shape index (κ3) is 7.13. The lowest BCUT2D eigenvalue weighted by Gasteiger charge is -2.33. The second kappa shape index (κ2) is 10.1. The second-order valence-electron chi connectivity index (χ2n) is 7.97. The van der Waals surface area contributed by atoms with Crippen LogP contribution in [0.3, 0.4) is 0 Å². The van der Waals surface area contributed by atoms with Crippen molar-refractivity contribution in [2.45, 2.75) is 52.6 Å². The first-order valence-electron chi connectivity index (χ1n) is 9.15. The predicted molar refractivity (Wildman–Crippen MR) is 119 cm³/mol. The van der Waals surface area contributed by atoms with Crippen molar-refractivity contribution in [3.63, 3.8) is 0 Å². The van der Waals surface area contributed by atoms with Crippen molar-refractivity contribution in [2.24, 2.45) is 10.9 Å². The van der Waals surface area contributed by atoms with Crippen LogP contribution in [0.2, 0.25) is 0 Å². The number of guanidine groups is 1. The van der Waals surface area contributed by atoms with Crippen molar-refractivity contribution in [1.29, 1.82) is 0 Å². The number of amides is 1. The molecule has 1 aliphatic heterocycles. The van der Waals surface area contributed by atoms with Crippen LogP contribution in [-0.4, -0.2) is 42.4 Å². The number of aliphatic imine (C=N–C) groups is 1. The van der Waals surface area contributed by atoms with Crippen LogP contribution in [0.1, 0.15) is 56.5 Å². The summed E-state index contributed by atoms with van der Waals surface area (Å²) < 4.78 is 0. The largest absolute Gasteiger partial charge is 0.352 e. The van der Waals surface area contributed by atoms with Gasteiger partial charge in [0, 0.05) is 37.8 Å². The zero-order valence-corrected chi connectivity index (χ0v) is 19.0. The number of carbonyl (C=O) groups excluding carboxylic acids is 1. The van der Waals surface area contributed by atoms with Gasteiger partial charge in [0.1, 0.15) is 0 Å². The molecule has 0 aliphatic carbocycles. The molecule has 5 nitrogen and oxygen atoms in total. The van der Waals surface area contributed by atoms with E-state index in [0.717, 1.165) is 30.5 Å². The lowest BCUT2D eigenvalue weighted by atomic mass is 9.99. The Morgan fingerprint density at radius 1 is 1.27 bits per heavy atom. The number of nitrogens with one attached hydrogen (secondary N) is 2. The van der Waals surface area contributed by atoms with E-state index in [1.54, 1.807) is 0 Å². The maximum Gasteiger partial charge on any atom is 0.251 e. The number of hydrogen-bond acceptors (Lipinski definition) is 2. The molecule has 0 spiro atoms. The molecule has 0 saturated carbocycles. The molecule has 2 N–H and O–H groups in total. The molecular formula is C20H33IN4O. The van der Waals surface area contributed by atoms with E-state index in [0.29, 0.717) is 12.1 Å². The normalized spacial score (nSPS) is 16.0. The molecule has 0 radical (unpaired) electrons. The smallest absolute Gasteiger partial charge is 0.251 e. The molecule has 0 aromatic heterocycles. The van der Waals surface area contributed by atoms with Crippen molar-refractivity contribution in [3.8, 4) is 0 Å². The number of carbonyl (C=O) groups is 1. The third-order valence-electron chi connectivity index (χ3n) is 4.42. The Kier molecular flexibility index (Phi) is 8.86. The fourth-order valence-electron chi connectivity index (χ4n) is 2.97. The van der Waals surface area contributed by atoms with Gasteiger partial charge in [-0.3, -0.25) is 9.79 Å². The predicted octanol–water partition coefficient (Wildman–Crippen LogP) is 3.64. The highest BCUT2D eigenvalue weighted by Gasteiger charge is 2.19. The second-order valence-corrected chi connectivity index (χ2v) is 7.97. The van der Waals surface area contributed by atoms with Crippen molar-refractivity contribution < 1.29 is 4.79 Å². The third-order valence-corrected chi connectivity index (χ3v) is 4.42. The molecule has 1 aliphatic rings. The summed E-state index contributed by atoms with van der Waals surface area (Å²) in [6.07, 6.45) is 2.42. The molecule has 0 unspecified atom stereocenters. The molecule has 1 fully saturated rings. The van der Waals surface area contributed by atoms with Gasteiger partial charge in [0.05, 0.1) is 0 Å². The van der Waals surface area contributed by atoms with E-state index in [4.69, 9.17) is 0 Å². The van der Waals surface area contributed by atoms with Gasteiger partial charge in [0.25, 0.3) is 5.91 Å². The van der Waals surface area contributed by atoms with Crippen molar-refractivity contribution in [2.75, 3.05) is 20.1 Å². The Hall–Kier alpha value is -1.31. The van der Waals surface area contributed by atoms with E-state index >= 15 is 0 Å². The molecule has 0 atom stereocenters. The number of halogens is 1. The summed E-state index contributed by atoms with van der Waals surface area (Å²) in [6, 6.07) is 7.76. The quantitative estimate of drug-likeness (QED) is 0.401. The molecule has 146 valence electrons. The molecule has 1 aromatic carbocycles. The van der Waals surface area contributed by atoms with Gasteiger partial charge in [0.2, 0.25) is 0 Å². The average Bonchev–Trinajstić information content (AvgIpc) is 2.55. The van der Waals surface area contributed by atoms with Crippen LogP contribution in [0.25, 0.3) is 0 Å². The minimum absolute atomic E-state index is 0. The van der Waals surface area contributed by atoms with Gasteiger partial charge in [-0.25, -0.2) is 0 Å². The number of hydrogen-bond donors (Lipinski definition) is 2. The monoisotopic (exact) mass is 472 g/mol. The SMILES string of the molecule is CN=C(NCc1cccc(C(=O)NC(C)(C)C)c1)N1CCC(C)CC1.I. The zero-order valence-electron chi connectivity index (χ0n) is 16.6. The van der Waals surface area contributed by atoms with Gasteiger partial charge in [-0.2, -0.15) is 0 Å². The molecule has 1 amide bonds. The molecule has 6 heteroatoms. The van der Waals surface area contributed by atoms with Crippen molar-refractivity contribution in [3.05, 3.63) is 35.4 Å². The first-order chi connectivity index (χ1) is 11.8. The summed E-state index contributed by atoms with van der Waals surface area (Å²) in [5.41, 5.74) is 1.53. The summed E-state index contributed by atoms with van der Waals surface area (Å²) in [4.78, 5) is 19.0. The highest BCUT2D eigenvalue weighted by Crippen LogP contribution is 2.16. The van der Waals surface area contributed by atoms with Gasteiger partial charge in [-0.1, -0.05) is 19.1 Å². The topological polar surface area (TPSA) is 56.7 Å². The maximum atomic E-state index is 12.3. The van der Waals surface area contributed by atoms with Gasteiger partial charge in [0.15, 0.2) is 5.96 Å². The van der Waals surface area contributed by atoms with Crippen LogP contribution in [0.15, 0.2) is 29.3 Å². The first-order valence-corrected chi connectivity index (χ1v) is 9.15. The number of benzene rings is 1. The van der Waals surface area contributed by atoms with E-state index in [2.05, 4.69) is 27.4 Å². The van der Waals surface area contributed by atoms with Gasteiger partial charge < -0.3 is 15.5 Å². The molecule has 2 rings (SSSR count). The fraction of sp³-hybridized carbons (Fsp3) is 0.600. The van der Waals surface area contributed by atoms with Gasteiger partial charge in [-0.15, -0.1) is 24.0 Å². The van der Waals surface area contributed by atoms with E-state index in [1.165, 1.54) is 12.8 Å². The summed E-state index contributed by atoms with van der Waals surface area (Å²) in [5, 5.41) is 6.43. The van der Waals surface area contributed by atoms with Crippen LogP contribution in [0.4, 0.5) is 0 Å². The van der Waals surface area contributed by atoms with Crippen LogP contribution in [0.5, 0.6) is 0 Å². The Balaban J connectivity index is 0.00000338. The number of piperidine rings is 1. The minimum atomic E-state index is -0.237. The number of nitrogens with zero attached hydrogens (tertiary/aromatic N) is 2. The molecule has 1 saturated heterocycles. The lowest BCUT2D eigenvalue weighted by Crippen LogP contribution is -2.45. The Labute approximate surface area is 175 Å². The van der Waals surface area contributed by atoms with Crippen molar-refractivity contribution >= 4 is 35.8 Å². The Morgan fingerprint density at radius 3 is 2.50 bits per heavy atom.